The highest BCUT2D eigenvalue weighted by Crippen LogP contribution is 2.07. The van der Waals surface area contributed by atoms with Gasteiger partial charge in [0.15, 0.2) is 5.96 Å². The number of nitrogens with zero attached hydrogens (tertiary/aromatic N) is 2. The minimum absolute atomic E-state index is 0.0134. The van der Waals surface area contributed by atoms with Gasteiger partial charge in [0.2, 0.25) is 5.91 Å². The molecule has 7 nitrogen and oxygen atoms in total. The molecule has 23 heavy (non-hydrogen) atoms. The lowest BCUT2D eigenvalue weighted by Gasteiger charge is -2.14. The Hall–Kier alpha value is -0.990. The summed E-state index contributed by atoms with van der Waals surface area (Å²) < 4.78 is 11.0. The molecule has 0 aromatic heterocycles. The molecule has 1 rings (SSSR count). The van der Waals surface area contributed by atoms with Crippen molar-refractivity contribution < 1.29 is 14.3 Å². The van der Waals surface area contributed by atoms with Gasteiger partial charge < -0.3 is 25.0 Å². The summed E-state index contributed by atoms with van der Waals surface area (Å²) in [7, 11) is 3.46. The average molecular weight is 346 g/mol. The van der Waals surface area contributed by atoms with E-state index in [1.807, 2.05) is 0 Å². The largest absolute Gasteiger partial charge is 0.379 e. The van der Waals surface area contributed by atoms with E-state index in [-0.39, 0.29) is 18.6 Å². The Morgan fingerprint density at radius 3 is 2.83 bits per heavy atom. The van der Waals surface area contributed by atoms with Gasteiger partial charge in [-0.1, -0.05) is 0 Å². The number of nitrogens with one attached hydrogen (secondary N) is 2. The lowest BCUT2D eigenvalue weighted by atomic mass is 10.3. The smallest absolute Gasteiger partial charge is 0.243 e. The number of aliphatic imine (C=N–C) groups is 1. The summed E-state index contributed by atoms with van der Waals surface area (Å²) in [5, 5.41) is 6.48. The third-order valence-electron chi connectivity index (χ3n) is 3.32. The molecule has 1 atom stereocenters. The quantitative estimate of drug-likeness (QED) is 0.334. The third-order valence-corrected chi connectivity index (χ3v) is 3.94. The molecule has 0 aromatic carbocycles. The number of hydrogen-bond donors (Lipinski definition) is 2. The molecule has 134 valence electrons. The van der Waals surface area contributed by atoms with Crippen LogP contribution >= 0.6 is 11.8 Å². The lowest BCUT2D eigenvalue weighted by Crippen LogP contribution is -2.40. The molecule has 1 aliphatic heterocycles. The second-order valence-corrected chi connectivity index (χ2v) is 6.49. The average Bonchev–Trinajstić information content (AvgIpc) is 3.04. The highest BCUT2D eigenvalue weighted by atomic mass is 32.2. The molecule has 1 fully saturated rings. The first-order chi connectivity index (χ1) is 11.1. The fourth-order valence-electron chi connectivity index (χ4n) is 1.91. The first kappa shape index (κ1) is 20.1. The van der Waals surface area contributed by atoms with E-state index in [0.29, 0.717) is 19.2 Å². The molecule has 1 amide bonds. The van der Waals surface area contributed by atoms with Gasteiger partial charge in [-0.15, -0.1) is 0 Å². The molecular formula is C15H30N4O3S. The van der Waals surface area contributed by atoms with Crippen LogP contribution < -0.4 is 10.6 Å². The van der Waals surface area contributed by atoms with Crippen LogP contribution in [0.4, 0.5) is 0 Å². The summed E-state index contributed by atoms with van der Waals surface area (Å²) in [6, 6.07) is 0. The number of carbonyl (C=O) groups is 1. The number of guanidine groups is 1. The van der Waals surface area contributed by atoms with Crippen molar-refractivity contribution in [2.24, 2.45) is 4.99 Å². The molecular weight excluding hydrogens is 316 g/mol. The van der Waals surface area contributed by atoms with Crippen molar-refractivity contribution in [2.45, 2.75) is 18.9 Å². The van der Waals surface area contributed by atoms with Crippen molar-refractivity contribution in [2.75, 3.05) is 65.6 Å². The van der Waals surface area contributed by atoms with Crippen LogP contribution in [0, 0.1) is 0 Å². The molecule has 1 unspecified atom stereocenters. The summed E-state index contributed by atoms with van der Waals surface area (Å²) in [4.78, 5) is 17.5. The molecule has 0 aromatic rings. The predicted octanol–water partition coefficient (Wildman–Crippen LogP) is 0.168. The molecule has 0 spiro atoms. The van der Waals surface area contributed by atoms with Gasteiger partial charge in [-0.2, -0.15) is 11.8 Å². The van der Waals surface area contributed by atoms with E-state index >= 15 is 0 Å². The van der Waals surface area contributed by atoms with Gasteiger partial charge in [0.05, 0.1) is 12.7 Å². The van der Waals surface area contributed by atoms with Crippen LogP contribution in [-0.4, -0.2) is 88.4 Å². The van der Waals surface area contributed by atoms with Crippen LogP contribution in [0.25, 0.3) is 0 Å². The Bertz CT molecular complexity index is 361. The number of thioether (sulfide) groups is 1. The Kier molecular flexibility index (Phi) is 10.8. The Labute approximate surface area is 143 Å². The minimum Gasteiger partial charge on any atom is -0.379 e. The van der Waals surface area contributed by atoms with Gasteiger partial charge in [-0.3, -0.25) is 4.79 Å². The van der Waals surface area contributed by atoms with Crippen molar-refractivity contribution in [3.8, 4) is 0 Å². The van der Waals surface area contributed by atoms with Crippen molar-refractivity contribution in [3.05, 3.63) is 0 Å². The van der Waals surface area contributed by atoms with Crippen molar-refractivity contribution >= 4 is 23.6 Å². The summed E-state index contributed by atoms with van der Waals surface area (Å²) in [6.07, 6.45) is 4.19. The number of hydrogen-bond acceptors (Lipinski definition) is 5. The fourth-order valence-corrected chi connectivity index (χ4v) is 2.21. The van der Waals surface area contributed by atoms with Gasteiger partial charge in [0.1, 0.15) is 6.54 Å². The zero-order valence-electron chi connectivity index (χ0n) is 14.5. The number of carbonyl (C=O) groups excluding carboxylic acids is 1. The van der Waals surface area contributed by atoms with E-state index in [4.69, 9.17) is 9.47 Å². The summed E-state index contributed by atoms with van der Waals surface area (Å²) in [5.74, 6) is 1.66. The van der Waals surface area contributed by atoms with E-state index in [9.17, 15) is 4.79 Å². The van der Waals surface area contributed by atoms with Gasteiger partial charge in [0, 0.05) is 46.2 Å². The SMILES string of the molecule is CSCCNC(=NCC(=O)N(C)C)NCCCOC1CCOC1. The summed E-state index contributed by atoms with van der Waals surface area (Å²) in [5.41, 5.74) is 0. The van der Waals surface area contributed by atoms with E-state index in [1.165, 1.54) is 0 Å². The molecule has 1 aliphatic rings. The second-order valence-electron chi connectivity index (χ2n) is 5.51. The maximum atomic E-state index is 11.6. The van der Waals surface area contributed by atoms with Crippen LogP contribution in [0.3, 0.4) is 0 Å². The maximum absolute atomic E-state index is 11.6. The van der Waals surface area contributed by atoms with Crippen molar-refractivity contribution in [1.82, 2.24) is 15.5 Å². The van der Waals surface area contributed by atoms with Crippen LogP contribution in [0.5, 0.6) is 0 Å². The summed E-state index contributed by atoms with van der Waals surface area (Å²) >= 11 is 1.77. The summed E-state index contributed by atoms with van der Waals surface area (Å²) in [6.45, 7) is 3.95. The van der Waals surface area contributed by atoms with Crippen LogP contribution in [0.2, 0.25) is 0 Å². The Morgan fingerprint density at radius 1 is 1.39 bits per heavy atom. The molecule has 2 N–H and O–H groups in total. The molecule has 0 aliphatic carbocycles. The predicted molar refractivity (Wildman–Crippen MR) is 95.2 cm³/mol. The zero-order valence-corrected chi connectivity index (χ0v) is 15.3. The molecule has 1 heterocycles. The van der Waals surface area contributed by atoms with E-state index < -0.39 is 0 Å². The molecule has 0 radical (unpaired) electrons. The highest BCUT2D eigenvalue weighted by molar-refractivity contribution is 7.98. The van der Waals surface area contributed by atoms with Crippen LogP contribution in [-0.2, 0) is 14.3 Å². The van der Waals surface area contributed by atoms with E-state index in [1.54, 1.807) is 30.8 Å². The Balaban J connectivity index is 2.24. The molecule has 1 saturated heterocycles. The molecule has 0 saturated carbocycles. The van der Waals surface area contributed by atoms with Gasteiger partial charge >= 0.3 is 0 Å². The second kappa shape index (κ2) is 12.4. The van der Waals surface area contributed by atoms with Crippen molar-refractivity contribution in [1.29, 1.82) is 0 Å². The fraction of sp³-hybridized carbons (Fsp3) is 0.867. The maximum Gasteiger partial charge on any atom is 0.243 e. The number of rotatable bonds is 10. The van der Waals surface area contributed by atoms with Crippen molar-refractivity contribution in [3.63, 3.8) is 0 Å². The van der Waals surface area contributed by atoms with Crippen LogP contribution in [0.15, 0.2) is 4.99 Å². The monoisotopic (exact) mass is 346 g/mol. The Morgan fingerprint density at radius 2 is 2.17 bits per heavy atom. The van der Waals surface area contributed by atoms with E-state index in [2.05, 4.69) is 21.9 Å². The number of ether oxygens (including phenoxy) is 2. The molecule has 0 bridgehead atoms. The standard InChI is InChI=1S/C15H30N4O3S/c1-19(2)14(20)11-18-15(17-7-10-23-3)16-6-4-8-22-13-5-9-21-12-13/h13H,4-12H2,1-3H3,(H2,16,17,18). The van der Waals surface area contributed by atoms with Gasteiger partial charge in [-0.05, 0) is 19.1 Å². The first-order valence-corrected chi connectivity index (χ1v) is 9.43. The minimum atomic E-state index is -0.0134. The number of likely N-dealkylation sites (N-methyl/N-ethyl adjacent to an activating group) is 1. The normalized spacial score (nSPS) is 18.0. The first-order valence-electron chi connectivity index (χ1n) is 8.04. The molecule has 8 heteroatoms. The van der Waals surface area contributed by atoms with Crippen LogP contribution in [0.1, 0.15) is 12.8 Å². The zero-order chi connectivity index (χ0) is 16.9. The van der Waals surface area contributed by atoms with E-state index in [0.717, 1.165) is 38.3 Å². The highest BCUT2D eigenvalue weighted by Gasteiger charge is 2.15. The van der Waals surface area contributed by atoms with Gasteiger partial charge in [-0.25, -0.2) is 4.99 Å². The number of amides is 1. The van der Waals surface area contributed by atoms with Gasteiger partial charge in [0.25, 0.3) is 0 Å². The topological polar surface area (TPSA) is 75.2 Å². The third kappa shape index (κ3) is 9.68. The lowest BCUT2D eigenvalue weighted by molar-refractivity contribution is -0.127.